The second-order valence-electron chi connectivity index (χ2n) is 13.5. The fraction of sp³-hybridized carbons (Fsp3) is 0.256. The van der Waals surface area contributed by atoms with Gasteiger partial charge >= 0.3 is 12.3 Å². The average Bonchev–Trinajstić information content (AvgIpc) is 3.75. The van der Waals surface area contributed by atoms with E-state index in [-0.39, 0.29) is 60.5 Å². The zero-order valence-corrected chi connectivity index (χ0v) is 31.2. The number of thiazole rings is 1. The van der Waals surface area contributed by atoms with Crippen LogP contribution in [0.2, 0.25) is 0 Å². The first-order valence-electron chi connectivity index (χ1n) is 17.6. The fourth-order valence-electron chi connectivity index (χ4n) is 6.65. The van der Waals surface area contributed by atoms with E-state index in [0.717, 1.165) is 22.3 Å². The van der Waals surface area contributed by atoms with E-state index in [1.807, 2.05) is 14.1 Å². The largest absolute Gasteiger partial charge is 0.484 e. The van der Waals surface area contributed by atoms with Gasteiger partial charge in [0.25, 0.3) is 11.8 Å². The van der Waals surface area contributed by atoms with Gasteiger partial charge in [-0.25, -0.2) is 14.8 Å². The van der Waals surface area contributed by atoms with Gasteiger partial charge in [0, 0.05) is 68.7 Å². The van der Waals surface area contributed by atoms with E-state index in [1.165, 1.54) is 41.4 Å². The molecule has 2 aliphatic heterocycles. The lowest BCUT2D eigenvalue weighted by Crippen LogP contribution is -2.52. The molecule has 0 bridgehead atoms. The summed E-state index contributed by atoms with van der Waals surface area (Å²) < 4.78 is 49.2. The molecule has 1 saturated heterocycles. The van der Waals surface area contributed by atoms with Crippen molar-refractivity contribution in [2.75, 3.05) is 43.6 Å². The number of carbonyl (C=O) groups is 5. The van der Waals surface area contributed by atoms with Crippen molar-refractivity contribution in [1.29, 1.82) is 0 Å². The first kappa shape index (κ1) is 38.7. The lowest BCUT2D eigenvalue weighted by atomic mass is 10.00. The lowest BCUT2D eigenvalue weighted by molar-refractivity contribution is -0.138. The van der Waals surface area contributed by atoms with Gasteiger partial charge in [-0.2, -0.15) is 13.2 Å². The number of benzene rings is 3. The normalized spacial score (nSPS) is 15.4. The minimum absolute atomic E-state index is 0.0885. The number of piperidine rings is 1. The summed E-state index contributed by atoms with van der Waals surface area (Å²) in [5, 5.41) is 15.0. The van der Waals surface area contributed by atoms with Gasteiger partial charge in [-0.15, -0.1) is 11.3 Å². The van der Waals surface area contributed by atoms with Gasteiger partial charge in [-0.3, -0.25) is 29.4 Å². The molecule has 1 unspecified atom stereocenters. The van der Waals surface area contributed by atoms with Gasteiger partial charge in [0.15, 0.2) is 6.61 Å². The number of hydrogen-bond donors (Lipinski definition) is 3. The summed E-state index contributed by atoms with van der Waals surface area (Å²) in [5.74, 6) is -0.835. The van der Waals surface area contributed by atoms with Crippen molar-refractivity contribution < 1.29 is 47.0 Å². The molecule has 7 rings (SSSR count). The third kappa shape index (κ3) is 8.21. The Morgan fingerprint density at radius 2 is 1.79 bits per heavy atom. The van der Waals surface area contributed by atoms with E-state index in [0.29, 0.717) is 44.0 Å². The van der Waals surface area contributed by atoms with Crippen LogP contribution in [0.1, 0.15) is 34.3 Å². The van der Waals surface area contributed by atoms with E-state index in [2.05, 4.69) is 20.6 Å². The van der Waals surface area contributed by atoms with Crippen molar-refractivity contribution in [1.82, 2.24) is 25.5 Å². The van der Waals surface area contributed by atoms with Gasteiger partial charge in [-0.1, -0.05) is 12.1 Å². The van der Waals surface area contributed by atoms with Gasteiger partial charge in [-0.05, 0) is 72.1 Å². The molecule has 0 aliphatic carbocycles. The summed E-state index contributed by atoms with van der Waals surface area (Å²) in [5.41, 5.74) is 1.47. The molecule has 2 aromatic heterocycles. The number of carboxylic acid groups (broad SMARTS) is 1. The van der Waals surface area contributed by atoms with Gasteiger partial charge in [0.1, 0.15) is 22.6 Å². The van der Waals surface area contributed by atoms with Crippen molar-refractivity contribution in [3.05, 3.63) is 89.6 Å². The van der Waals surface area contributed by atoms with Crippen LogP contribution in [0.25, 0.3) is 31.9 Å². The fourth-order valence-corrected chi connectivity index (χ4v) is 7.68. The molecule has 4 heterocycles. The third-order valence-electron chi connectivity index (χ3n) is 9.53. The van der Waals surface area contributed by atoms with Crippen LogP contribution in [0.3, 0.4) is 0 Å². The second-order valence-corrected chi connectivity index (χ2v) is 14.6. The summed E-state index contributed by atoms with van der Waals surface area (Å²) in [4.78, 5) is 74.6. The molecular weight excluding hydrogens is 768 g/mol. The Labute approximate surface area is 326 Å². The van der Waals surface area contributed by atoms with E-state index in [4.69, 9.17) is 4.74 Å². The van der Waals surface area contributed by atoms with Crippen molar-refractivity contribution in [3.8, 4) is 27.4 Å². The van der Waals surface area contributed by atoms with Gasteiger partial charge < -0.3 is 25.0 Å². The number of anilines is 2. The van der Waals surface area contributed by atoms with E-state index in [1.54, 1.807) is 35.2 Å². The summed E-state index contributed by atoms with van der Waals surface area (Å²) in [7, 11) is 3.62. The minimum Gasteiger partial charge on any atom is -0.484 e. The number of ether oxygens (including phenoxy) is 1. The number of amides is 5. The van der Waals surface area contributed by atoms with Crippen LogP contribution in [0.5, 0.6) is 5.75 Å². The molecule has 1 atom stereocenters. The molecule has 5 aromatic rings. The Balaban J connectivity index is 0.979. The number of pyridine rings is 1. The summed E-state index contributed by atoms with van der Waals surface area (Å²) >= 11 is 0.993. The molecule has 14 nitrogen and oxygen atoms in total. The molecule has 5 amide bonds. The maximum absolute atomic E-state index is 14.4. The molecule has 2 aliphatic rings. The zero-order chi connectivity index (χ0) is 40.6. The number of alkyl halides is 3. The van der Waals surface area contributed by atoms with Crippen molar-refractivity contribution >= 4 is 62.8 Å². The monoisotopic (exact) mass is 801 g/mol. The van der Waals surface area contributed by atoms with Crippen LogP contribution in [-0.4, -0.2) is 89.5 Å². The highest BCUT2D eigenvalue weighted by Gasteiger charge is 2.39. The molecular formula is C39H34F3N7O7S. The number of fused-ring (bicyclic) bond motifs is 2. The number of rotatable bonds is 11. The standard InChI is InChI=1S/C39H34F3N7O7S/c1-47(2)32-11-4-22(18-44-32)21-3-7-27(28(16-21)39(40,41)42)36-45-29-9-5-24(17-31(29)57-36)48(38(54)55)14-13-43-34(51)20-56-25-6-8-26-23(15-25)19-49(37(26)53)30-10-12-33(50)46-35(30)52/h3-9,11,15-18,30H,10,12-14,19-20H2,1-2H3,(H,43,51)(H,54,55)(H,46,50,52). The molecule has 18 heteroatoms. The van der Waals surface area contributed by atoms with Crippen molar-refractivity contribution in [2.24, 2.45) is 0 Å². The minimum atomic E-state index is -4.69. The number of halogens is 3. The number of hydrogen-bond acceptors (Lipinski definition) is 10. The lowest BCUT2D eigenvalue weighted by Gasteiger charge is -2.29. The first-order chi connectivity index (χ1) is 27.2. The van der Waals surface area contributed by atoms with Crippen LogP contribution in [0, 0.1) is 0 Å². The Hall–Kier alpha value is -6.56. The average molecular weight is 802 g/mol. The van der Waals surface area contributed by atoms with Crippen LogP contribution in [0.4, 0.5) is 29.5 Å². The van der Waals surface area contributed by atoms with E-state index >= 15 is 0 Å². The third-order valence-corrected chi connectivity index (χ3v) is 10.6. The zero-order valence-electron chi connectivity index (χ0n) is 30.4. The second kappa shape index (κ2) is 15.5. The maximum atomic E-state index is 14.4. The summed E-state index contributed by atoms with van der Waals surface area (Å²) in [6.45, 7) is -0.517. The molecule has 0 saturated carbocycles. The Morgan fingerprint density at radius 3 is 2.49 bits per heavy atom. The van der Waals surface area contributed by atoms with Crippen LogP contribution in [-0.2, 0) is 27.1 Å². The number of aromatic nitrogens is 2. The molecule has 3 aromatic carbocycles. The van der Waals surface area contributed by atoms with Crippen LogP contribution < -0.4 is 25.2 Å². The Morgan fingerprint density at radius 1 is 1.02 bits per heavy atom. The Kier molecular flexibility index (Phi) is 10.5. The highest BCUT2D eigenvalue weighted by molar-refractivity contribution is 7.21. The molecule has 3 N–H and O–H groups in total. The highest BCUT2D eigenvalue weighted by atomic mass is 32.1. The predicted octanol–water partition coefficient (Wildman–Crippen LogP) is 5.55. The van der Waals surface area contributed by atoms with E-state index < -0.39 is 42.3 Å². The van der Waals surface area contributed by atoms with Crippen LogP contribution >= 0.6 is 11.3 Å². The SMILES string of the molecule is CN(C)c1ccc(-c2ccc(-c3nc4ccc(N(CCNC(=O)COc5ccc6c(c5)CN(C5CCC(=O)NC5=O)C6=O)C(=O)O)cc4s3)c(C(F)(F)F)c2)cn1. The van der Waals surface area contributed by atoms with E-state index in [9.17, 15) is 42.3 Å². The Bertz CT molecular complexity index is 2420. The molecule has 0 radical (unpaired) electrons. The topological polar surface area (TPSA) is 174 Å². The van der Waals surface area contributed by atoms with Crippen LogP contribution in [0.15, 0.2) is 72.9 Å². The van der Waals surface area contributed by atoms with Gasteiger partial charge in [0.05, 0.1) is 15.8 Å². The maximum Gasteiger partial charge on any atom is 0.417 e. The number of nitrogens with one attached hydrogen (secondary N) is 2. The smallest absolute Gasteiger partial charge is 0.417 e. The quantitative estimate of drug-likeness (QED) is 0.144. The van der Waals surface area contributed by atoms with Gasteiger partial charge in [0.2, 0.25) is 11.8 Å². The van der Waals surface area contributed by atoms with Crippen molar-refractivity contribution in [2.45, 2.75) is 31.6 Å². The van der Waals surface area contributed by atoms with Crippen molar-refractivity contribution in [3.63, 3.8) is 0 Å². The number of imide groups is 1. The number of nitrogens with zero attached hydrogens (tertiary/aromatic N) is 5. The predicted molar refractivity (Wildman–Crippen MR) is 204 cm³/mol. The summed E-state index contributed by atoms with van der Waals surface area (Å²) in [6.07, 6.45) is -4.14. The summed E-state index contributed by atoms with van der Waals surface area (Å²) in [6, 6.07) is 15.9. The molecule has 0 spiro atoms. The molecule has 294 valence electrons. The highest BCUT2D eigenvalue weighted by Crippen LogP contribution is 2.42. The molecule has 1 fully saturated rings. The number of carbonyl (C=O) groups excluding carboxylic acids is 4. The molecule has 57 heavy (non-hydrogen) atoms. The first-order valence-corrected chi connectivity index (χ1v) is 18.4.